The Morgan fingerprint density at radius 2 is 1.82 bits per heavy atom. The molecule has 0 aliphatic carbocycles. The average molecular weight is 313 g/mol. The second kappa shape index (κ2) is 8.93. The van der Waals surface area contributed by atoms with Crippen LogP contribution in [0.15, 0.2) is 0 Å². The van der Waals surface area contributed by atoms with Gasteiger partial charge in [-0.2, -0.15) is 0 Å². The minimum Gasteiger partial charge on any atom is -0.395 e. The van der Waals surface area contributed by atoms with Crippen LogP contribution in [0.2, 0.25) is 0 Å². The number of hydrogen-bond donors (Lipinski definition) is 3. The third-order valence-electron chi connectivity index (χ3n) is 5.15. The molecule has 6 nitrogen and oxygen atoms in total. The van der Waals surface area contributed by atoms with Crippen molar-refractivity contribution >= 4 is 5.78 Å². The number of aliphatic hydroxyl groups is 2. The van der Waals surface area contributed by atoms with E-state index in [9.17, 15) is 15.0 Å². The molecular weight excluding hydrogens is 282 g/mol. The summed E-state index contributed by atoms with van der Waals surface area (Å²) in [5, 5.41) is 21.8. The van der Waals surface area contributed by atoms with Gasteiger partial charge < -0.3 is 15.5 Å². The molecule has 3 N–H and O–H groups in total. The van der Waals surface area contributed by atoms with Gasteiger partial charge in [0.2, 0.25) is 0 Å². The van der Waals surface area contributed by atoms with Crippen LogP contribution < -0.4 is 5.32 Å². The largest absolute Gasteiger partial charge is 0.395 e. The molecule has 2 atom stereocenters. The van der Waals surface area contributed by atoms with Gasteiger partial charge in [0.05, 0.1) is 19.3 Å². The maximum atomic E-state index is 12.2. The zero-order valence-electron chi connectivity index (χ0n) is 13.7. The van der Waals surface area contributed by atoms with Crippen LogP contribution in [0.5, 0.6) is 0 Å². The molecule has 0 amide bonds. The van der Waals surface area contributed by atoms with Crippen molar-refractivity contribution in [3.63, 3.8) is 0 Å². The SMILES string of the molecule is CC(=O)C1CC(N(CCO)CCO)CCN1C1CCNCC1. The molecule has 0 aromatic carbocycles. The molecule has 22 heavy (non-hydrogen) atoms. The van der Waals surface area contributed by atoms with Gasteiger partial charge in [-0.1, -0.05) is 0 Å². The first-order chi connectivity index (χ1) is 10.7. The van der Waals surface area contributed by atoms with Gasteiger partial charge in [-0.3, -0.25) is 14.6 Å². The molecule has 2 heterocycles. The second-order valence-corrected chi connectivity index (χ2v) is 6.51. The average Bonchev–Trinajstić information content (AvgIpc) is 2.55. The van der Waals surface area contributed by atoms with E-state index < -0.39 is 0 Å². The standard InChI is InChI=1S/C16H31N3O3/c1-13(22)16-12-15(18(8-10-20)9-11-21)4-7-19(16)14-2-5-17-6-3-14/h14-17,20-21H,2-12H2,1H3. The summed E-state index contributed by atoms with van der Waals surface area (Å²) < 4.78 is 0. The lowest BCUT2D eigenvalue weighted by Gasteiger charge is -2.46. The lowest BCUT2D eigenvalue weighted by molar-refractivity contribution is -0.126. The van der Waals surface area contributed by atoms with Crippen molar-refractivity contribution in [1.82, 2.24) is 15.1 Å². The molecule has 0 spiro atoms. The van der Waals surface area contributed by atoms with Crippen LogP contribution in [-0.2, 0) is 4.79 Å². The lowest BCUT2D eigenvalue weighted by atomic mass is 9.90. The molecule has 2 rings (SSSR count). The number of likely N-dealkylation sites (tertiary alicyclic amines) is 1. The summed E-state index contributed by atoms with van der Waals surface area (Å²) >= 11 is 0. The van der Waals surface area contributed by atoms with Crippen LogP contribution in [-0.4, -0.2) is 89.9 Å². The molecule has 0 bridgehead atoms. The number of nitrogens with zero attached hydrogens (tertiary/aromatic N) is 2. The summed E-state index contributed by atoms with van der Waals surface area (Å²) in [5.74, 6) is 0.246. The Balaban J connectivity index is 2.01. The van der Waals surface area contributed by atoms with Gasteiger partial charge in [0.1, 0.15) is 5.78 Å². The van der Waals surface area contributed by atoms with Crippen LogP contribution in [0.1, 0.15) is 32.6 Å². The number of carbonyl (C=O) groups excluding carboxylic acids is 1. The highest BCUT2D eigenvalue weighted by Crippen LogP contribution is 2.27. The Bertz CT molecular complexity index is 342. The van der Waals surface area contributed by atoms with E-state index in [2.05, 4.69) is 15.1 Å². The molecule has 2 unspecified atom stereocenters. The van der Waals surface area contributed by atoms with Crippen molar-refractivity contribution in [3.8, 4) is 0 Å². The van der Waals surface area contributed by atoms with Crippen molar-refractivity contribution < 1.29 is 15.0 Å². The third kappa shape index (κ3) is 4.49. The number of piperidine rings is 2. The third-order valence-corrected chi connectivity index (χ3v) is 5.15. The van der Waals surface area contributed by atoms with Gasteiger partial charge >= 0.3 is 0 Å². The molecule has 128 valence electrons. The minimum atomic E-state index is -0.0123. The van der Waals surface area contributed by atoms with E-state index in [0.717, 1.165) is 45.3 Å². The fraction of sp³-hybridized carbons (Fsp3) is 0.938. The number of rotatable bonds is 7. The zero-order chi connectivity index (χ0) is 15.9. The summed E-state index contributed by atoms with van der Waals surface area (Å²) in [6.07, 6.45) is 4.06. The molecule has 0 aromatic heterocycles. The van der Waals surface area contributed by atoms with E-state index >= 15 is 0 Å². The van der Waals surface area contributed by atoms with E-state index in [1.54, 1.807) is 6.92 Å². The summed E-state index contributed by atoms with van der Waals surface area (Å²) in [7, 11) is 0. The number of Topliss-reactive ketones (excluding diaryl/α,β-unsaturated/α-hetero) is 1. The first-order valence-electron chi connectivity index (χ1n) is 8.60. The molecule has 2 aliphatic rings. The fourth-order valence-corrected chi connectivity index (χ4v) is 4.01. The highest BCUT2D eigenvalue weighted by atomic mass is 16.3. The van der Waals surface area contributed by atoms with Crippen LogP contribution in [0.25, 0.3) is 0 Å². The summed E-state index contributed by atoms with van der Waals surface area (Å²) in [5.41, 5.74) is 0. The Labute approximate surface area is 133 Å². The van der Waals surface area contributed by atoms with Crippen molar-refractivity contribution in [2.75, 3.05) is 45.9 Å². The maximum Gasteiger partial charge on any atom is 0.146 e. The Morgan fingerprint density at radius 1 is 1.18 bits per heavy atom. The van der Waals surface area contributed by atoms with E-state index in [-0.39, 0.29) is 31.1 Å². The molecule has 6 heteroatoms. The highest BCUT2D eigenvalue weighted by Gasteiger charge is 2.37. The predicted molar refractivity (Wildman–Crippen MR) is 85.8 cm³/mol. The minimum absolute atomic E-state index is 0.0123. The first kappa shape index (κ1) is 17.8. The van der Waals surface area contributed by atoms with Gasteiger partial charge in [-0.05, 0) is 45.7 Å². The normalized spacial score (nSPS) is 28.2. The summed E-state index contributed by atoms with van der Waals surface area (Å²) in [4.78, 5) is 16.7. The van der Waals surface area contributed by atoms with Crippen LogP contribution in [0.3, 0.4) is 0 Å². The van der Waals surface area contributed by atoms with Gasteiger partial charge in [0.15, 0.2) is 0 Å². The van der Waals surface area contributed by atoms with Crippen molar-refractivity contribution in [3.05, 3.63) is 0 Å². The van der Waals surface area contributed by atoms with Gasteiger partial charge in [-0.15, -0.1) is 0 Å². The monoisotopic (exact) mass is 313 g/mol. The predicted octanol–water partition coefficient (Wildman–Crippen LogP) is -0.553. The van der Waals surface area contributed by atoms with E-state index in [0.29, 0.717) is 19.1 Å². The molecule has 0 saturated carbocycles. The van der Waals surface area contributed by atoms with Gasteiger partial charge in [0, 0.05) is 31.7 Å². The first-order valence-corrected chi connectivity index (χ1v) is 8.60. The van der Waals surface area contributed by atoms with Crippen molar-refractivity contribution in [1.29, 1.82) is 0 Å². The number of nitrogens with one attached hydrogen (secondary N) is 1. The molecule has 0 radical (unpaired) electrons. The Hall–Kier alpha value is -0.530. The summed E-state index contributed by atoms with van der Waals surface area (Å²) in [6.45, 7) is 6.05. The topological polar surface area (TPSA) is 76.0 Å². The quantitative estimate of drug-likeness (QED) is 0.585. The van der Waals surface area contributed by atoms with Crippen LogP contribution in [0, 0.1) is 0 Å². The van der Waals surface area contributed by atoms with Crippen LogP contribution in [0.4, 0.5) is 0 Å². The highest BCUT2D eigenvalue weighted by molar-refractivity contribution is 5.81. The number of hydrogen-bond acceptors (Lipinski definition) is 6. The molecule has 2 fully saturated rings. The van der Waals surface area contributed by atoms with E-state index in [4.69, 9.17) is 0 Å². The maximum absolute atomic E-state index is 12.2. The van der Waals surface area contributed by atoms with Gasteiger partial charge in [0.25, 0.3) is 0 Å². The molecular formula is C16H31N3O3. The van der Waals surface area contributed by atoms with Crippen LogP contribution >= 0.6 is 0 Å². The van der Waals surface area contributed by atoms with E-state index in [1.165, 1.54) is 0 Å². The Morgan fingerprint density at radius 3 is 2.36 bits per heavy atom. The lowest BCUT2D eigenvalue weighted by Crippen LogP contribution is -2.57. The molecule has 2 saturated heterocycles. The molecule has 2 aliphatic heterocycles. The van der Waals surface area contributed by atoms with E-state index in [1.807, 2.05) is 0 Å². The summed E-state index contributed by atoms with van der Waals surface area (Å²) in [6, 6.07) is 0.785. The molecule has 0 aromatic rings. The number of carbonyl (C=O) groups is 1. The van der Waals surface area contributed by atoms with Crippen molar-refractivity contribution in [2.45, 2.75) is 50.7 Å². The second-order valence-electron chi connectivity index (χ2n) is 6.51. The number of aliphatic hydroxyl groups excluding tert-OH is 2. The Kier molecular flexibility index (Phi) is 7.24. The zero-order valence-corrected chi connectivity index (χ0v) is 13.7. The van der Waals surface area contributed by atoms with Crippen molar-refractivity contribution in [2.24, 2.45) is 0 Å². The fourth-order valence-electron chi connectivity index (χ4n) is 4.01. The van der Waals surface area contributed by atoms with Gasteiger partial charge in [-0.25, -0.2) is 0 Å². The smallest absolute Gasteiger partial charge is 0.146 e. The number of ketones is 1.